The van der Waals surface area contributed by atoms with E-state index in [0.29, 0.717) is 23.5 Å². The Morgan fingerprint density at radius 3 is 2.55 bits per heavy atom. The van der Waals surface area contributed by atoms with Crippen LogP contribution < -0.4 is 15.4 Å². The SMILES string of the molecule is CCNC(=O)COc1ccc(NC(=O)c2cc(C)n(-c3cccnc3)c2C)cc1. The van der Waals surface area contributed by atoms with Crippen molar-refractivity contribution in [3.05, 3.63) is 71.8 Å². The number of amides is 2. The van der Waals surface area contributed by atoms with Crippen molar-refractivity contribution in [1.29, 1.82) is 0 Å². The molecule has 7 heteroatoms. The lowest BCUT2D eigenvalue weighted by Gasteiger charge is -2.10. The summed E-state index contributed by atoms with van der Waals surface area (Å²) in [5.74, 6) is 0.196. The number of hydrogen-bond acceptors (Lipinski definition) is 4. The second-order valence-electron chi connectivity index (χ2n) is 6.55. The average molecular weight is 392 g/mol. The molecule has 0 aliphatic rings. The Morgan fingerprint density at radius 1 is 1.14 bits per heavy atom. The topological polar surface area (TPSA) is 85.3 Å². The van der Waals surface area contributed by atoms with Crippen LogP contribution in [0.25, 0.3) is 5.69 Å². The van der Waals surface area contributed by atoms with Crippen LogP contribution in [0.2, 0.25) is 0 Å². The number of carbonyl (C=O) groups is 2. The van der Waals surface area contributed by atoms with Crippen molar-refractivity contribution in [1.82, 2.24) is 14.9 Å². The van der Waals surface area contributed by atoms with Crippen LogP contribution in [0.4, 0.5) is 5.69 Å². The van der Waals surface area contributed by atoms with Gasteiger partial charge in [-0.1, -0.05) is 0 Å². The summed E-state index contributed by atoms with van der Waals surface area (Å²) in [6, 6.07) is 12.6. The molecule has 2 heterocycles. The molecule has 0 aliphatic carbocycles. The molecular weight excluding hydrogens is 368 g/mol. The van der Waals surface area contributed by atoms with Gasteiger partial charge in [-0.3, -0.25) is 14.6 Å². The van der Waals surface area contributed by atoms with Crippen LogP contribution in [0.1, 0.15) is 28.7 Å². The molecule has 3 rings (SSSR count). The zero-order chi connectivity index (χ0) is 20.8. The van der Waals surface area contributed by atoms with Gasteiger partial charge in [-0.15, -0.1) is 0 Å². The van der Waals surface area contributed by atoms with Crippen LogP contribution in [0.5, 0.6) is 5.75 Å². The molecule has 0 saturated carbocycles. The van der Waals surface area contributed by atoms with Gasteiger partial charge in [-0.05, 0) is 63.2 Å². The number of rotatable bonds is 7. The highest BCUT2D eigenvalue weighted by atomic mass is 16.5. The van der Waals surface area contributed by atoms with Crippen molar-refractivity contribution in [3.63, 3.8) is 0 Å². The lowest BCUT2D eigenvalue weighted by atomic mass is 10.2. The molecule has 3 aromatic rings. The maximum Gasteiger partial charge on any atom is 0.257 e. The molecule has 0 fully saturated rings. The van der Waals surface area contributed by atoms with E-state index in [-0.39, 0.29) is 18.4 Å². The summed E-state index contributed by atoms with van der Waals surface area (Å²) in [5, 5.41) is 5.57. The van der Waals surface area contributed by atoms with E-state index < -0.39 is 0 Å². The minimum absolute atomic E-state index is 0.0418. The monoisotopic (exact) mass is 392 g/mol. The minimum Gasteiger partial charge on any atom is -0.484 e. The van der Waals surface area contributed by atoms with Gasteiger partial charge in [0.15, 0.2) is 6.61 Å². The number of ether oxygens (including phenoxy) is 1. The van der Waals surface area contributed by atoms with Crippen LogP contribution >= 0.6 is 0 Å². The number of carbonyl (C=O) groups excluding carboxylic acids is 2. The first kappa shape index (κ1) is 20.1. The second kappa shape index (κ2) is 9.05. The van der Waals surface area contributed by atoms with E-state index >= 15 is 0 Å². The molecule has 0 bridgehead atoms. The molecule has 2 amide bonds. The van der Waals surface area contributed by atoms with Crippen LogP contribution in [-0.2, 0) is 4.79 Å². The predicted molar refractivity (Wildman–Crippen MR) is 112 cm³/mol. The largest absolute Gasteiger partial charge is 0.484 e. The molecule has 0 unspecified atom stereocenters. The van der Waals surface area contributed by atoms with E-state index in [1.54, 1.807) is 36.7 Å². The van der Waals surface area contributed by atoms with Gasteiger partial charge >= 0.3 is 0 Å². The van der Waals surface area contributed by atoms with Gasteiger partial charge in [-0.25, -0.2) is 0 Å². The van der Waals surface area contributed by atoms with Crippen molar-refractivity contribution >= 4 is 17.5 Å². The number of nitrogens with zero attached hydrogens (tertiary/aromatic N) is 2. The van der Waals surface area contributed by atoms with Crippen LogP contribution in [-0.4, -0.2) is 34.5 Å². The summed E-state index contributed by atoms with van der Waals surface area (Å²) < 4.78 is 7.42. The van der Waals surface area contributed by atoms with E-state index in [0.717, 1.165) is 17.1 Å². The molecule has 7 nitrogen and oxygen atoms in total. The molecule has 0 aliphatic heterocycles. The molecule has 0 atom stereocenters. The molecule has 1 aromatic carbocycles. The van der Waals surface area contributed by atoms with E-state index in [9.17, 15) is 9.59 Å². The zero-order valence-electron chi connectivity index (χ0n) is 16.7. The Kier molecular flexibility index (Phi) is 6.29. The number of benzene rings is 1. The van der Waals surface area contributed by atoms with Gasteiger partial charge in [0.1, 0.15) is 5.75 Å². The fraction of sp³-hybridized carbons (Fsp3) is 0.227. The molecule has 0 saturated heterocycles. The Morgan fingerprint density at radius 2 is 1.90 bits per heavy atom. The summed E-state index contributed by atoms with van der Waals surface area (Å²) in [4.78, 5) is 28.4. The number of aryl methyl sites for hydroxylation is 1. The maximum atomic E-state index is 12.8. The Hall–Kier alpha value is -3.61. The van der Waals surface area contributed by atoms with Gasteiger partial charge in [0.05, 0.1) is 17.4 Å². The fourth-order valence-corrected chi connectivity index (χ4v) is 3.11. The second-order valence-corrected chi connectivity index (χ2v) is 6.55. The summed E-state index contributed by atoms with van der Waals surface area (Å²) in [6.07, 6.45) is 3.48. The lowest BCUT2D eigenvalue weighted by molar-refractivity contribution is -0.122. The number of pyridine rings is 1. The number of anilines is 1. The smallest absolute Gasteiger partial charge is 0.257 e. The molecule has 2 aromatic heterocycles. The van der Waals surface area contributed by atoms with Crippen molar-refractivity contribution in [2.45, 2.75) is 20.8 Å². The summed E-state index contributed by atoms with van der Waals surface area (Å²) in [7, 11) is 0. The third kappa shape index (κ3) is 4.82. The molecule has 2 N–H and O–H groups in total. The fourth-order valence-electron chi connectivity index (χ4n) is 3.11. The summed E-state index contributed by atoms with van der Waals surface area (Å²) >= 11 is 0. The van der Waals surface area contributed by atoms with Crippen molar-refractivity contribution in [2.75, 3.05) is 18.5 Å². The van der Waals surface area contributed by atoms with E-state index in [1.165, 1.54) is 0 Å². The number of nitrogens with one attached hydrogen (secondary N) is 2. The number of aromatic nitrogens is 2. The maximum absolute atomic E-state index is 12.8. The van der Waals surface area contributed by atoms with E-state index in [1.807, 2.05) is 43.5 Å². The normalized spacial score (nSPS) is 10.4. The summed E-state index contributed by atoms with van der Waals surface area (Å²) in [6.45, 7) is 6.24. The predicted octanol–water partition coefficient (Wildman–Crippen LogP) is 3.26. The quantitative estimate of drug-likeness (QED) is 0.646. The first-order valence-corrected chi connectivity index (χ1v) is 9.40. The third-order valence-corrected chi connectivity index (χ3v) is 4.44. The van der Waals surface area contributed by atoms with Crippen molar-refractivity contribution < 1.29 is 14.3 Å². The Labute approximate surface area is 169 Å². The van der Waals surface area contributed by atoms with Crippen LogP contribution in [0, 0.1) is 13.8 Å². The molecule has 0 spiro atoms. The highest BCUT2D eigenvalue weighted by molar-refractivity contribution is 6.05. The van der Waals surface area contributed by atoms with Gasteiger partial charge in [-0.2, -0.15) is 0 Å². The van der Waals surface area contributed by atoms with Gasteiger partial charge in [0, 0.05) is 29.8 Å². The van der Waals surface area contributed by atoms with Crippen LogP contribution in [0.15, 0.2) is 54.9 Å². The number of likely N-dealkylation sites (N-methyl/N-ethyl adjacent to an activating group) is 1. The minimum atomic E-state index is -0.191. The highest BCUT2D eigenvalue weighted by Gasteiger charge is 2.17. The van der Waals surface area contributed by atoms with Crippen molar-refractivity contribution in [2.24, 2.45) is 0 Å². The molecule has 0 radical (unpaired) electrons. The van der Waals surface area contributed by atoms with Gasteiger partial charge in [0.25, 0.3) is 11.8 Å². The number of hydrogen-bond donors (Lipinski definition) is 2. The Balaban J connectivity index is 1.69. The van der Waals surface area contributed by atoms with E-state index in [4.69, 9.17) is 4.74 Å². The zero-order valence-corrected chi connectivity index (χ0v) is 16.7. The molecule has 150 valence electrons. The van der Waals surface area contributed by atoms with Crippen LogP contribution in [0.3, 0.4) is 0 Å². The average Bonchev–Trinajstić information content (AvgIpc) is 3.02. The van der Waals surface area contributed by atoms with E-state index in [2.05, 4.69) is 15.6 Å². The van der Waals surface area contributed by atoms with Crippen molar-refractivity contribution in [3.8, 4) is 11.4 Å². The molecule has 29 heavy (non-hydrogen) atoms. The van der Waals surface area contributed by atoms with Gasteiger partial charge in [0.2, 0.25) is 0 Å². The molecular formula is C22H24N4O3. The first-order valence-electron chi connectivity index (χ1n) is 9.40. The third-order valence-electron chi connectivity index (χ3n) is 4.44. The Bertz CT molecular complexity index is 995. The highest BCUT2D eigenvalue weighted by Crippen LogP contribution is 2.22. The standard InChI is InChI=1S/C22H24N4O3/c1-4-24-21(27)14-29-19-9-7-17(8-10-19)25-22(28)20-12-15(2)26(16(20)3)18-6-5-11-23-13-18/h5-13H,4,14H2,1-3H3,(H,24,27)(H,25,28). The van der Waals surface area contributed by atoms with Gasteiger partial charge < -0.3 is 19.9 Å². The lowest BCUT2D eigenvalue weighted by Crippen LogP contribution is -2.28. The first-order chi connectivity index (χ1) is 14.0. The summed E-state index contributed by atoms with van der Waals surface area (Å²) in [5.41, 5.74) is 3.95.